The molecule has 0 N–H and O–H groups in total. The van der Waals surface area contributed by atoms with Crippen molar-refractivity contribution < 1.29 is 14.3 Å². The van der Waals surface area contributed by atoms with Gasteiger partial charge in [-0.05, 0) is 57.2 Å². The molecule has 2 aliphatic rings. The number of nitrogens with zero attached hydrogens (tertiary/aromatic N) is 4. The highest BCUT2D eigenvalue weighted by Gasteiger charge is 2.26. The molecule has 0 saturated heterocycles. The first-order chi connectivity index (χ1) is 16.2. The average Bonchev–Trinajstić information content (AvgIpc) is 3.54. The van der Waals surface area contributed by atoms with Crippen LogP contribution in [-0.4, -0.2) is 52.1 Å². The van der Waals surface area contributed by atoms with Gasteiger partial charge in [0.2, 0.25) is 5.91 Å². The monoisotopic (exact) mass is 470 g/mol. The number of carbonyl (C=O) groups is 1. The summed E-state index contributed by atoms with van der Waals surface area (Å²) in [7, 11) is 3.27. The van der Waals surface area contributed by atoms with Crippen LogP contribution in [-0.2, 0) is 4.79 Å². The molecule has 1 saturated carbocycles. The molecule has 7 nitrogen and oxygen atoms in total. The van der Waals surface area contributed by atoms with Gasteiger partial charge in [0.1, 0.15) is 0 Å². The predicted octanol–water partition coefficient (Wildman–Crippen LogP) is 5.48. The summed E-state index contributed by atoms with van der Waals surface area (Å²) in [6.07, 6.45) is 11.3. The molecule has 8 heteroatoms. The molecule has 0 radical (unpaired) electrons. The van der Waals surface area contributed by atoms with Gasteiger partial charge in [0, 0.05) is 23.8 Å². The summed E-state index contributed by atoms with van der Waals surface area (Å²) in [5.41, 5.74) is 2.11. The molecule has 1 amide bonds. The minimum atomic E-state index is 0.140. The molecule has 2 aromatic rings. The minimum absolute atomic E-state index is 0.140. The second-order valence-electron chi connectivity index (χ2n) is 8.55. The summed E-state index contributed by atoms with van der Waals surface area (Å²) in [5.74, 6) is 2.68. The highest BCUT2D eigenvalue weighted by molar-refractivity contribution is 7.99. The van der Waals surface area contributed by atoms with Crippen LogP contribution in [0.3, 0.4) is 0 Å². The number of allylic oxidation sites excluding steroid dienone is 2. The molecule has 0 atom stereocenters. The Morgan fingerprint density at radius 1 is 1.12 bits per heavy atom. The lowest BCUT2D eigenvalue weighted by Gasteiger charge is -2.26. The minimum Gasteiger partial charge on any atom is -0.493 e. The van der Waals surface area contributed by atoms with E-state index in [0.717, 1.165) is 48.6 Å². The number of amides is 1. The standard InChI is InChI=1S/C25H34N4O3S/c1-4-28(19-10-8-9-11-19)23(30)17-33-25-27-26-24(29(25)20-12-6-5-7-13-20)18-14-15-21(31-2)22(16-18)32-3/h10,14-16,20H,4-9,11-13,17H2,1-3H3. The number of hydrogen-bond acceptors (Lipinski definition) is 6. The number of thioether (sulfide) groups is 1. The molecule has 0 unspecified atom stereocenters. The third kappa shape index (κ3) is 5.21. The molecular formula is C25H34N4O3S. The van der Waals surface area contributed by atoms with E-state index >= 15 is 0 Å². The zero-order chi connectivity index (χ0) is 23.2. The Bertz CT molecular complexity index is 998. The summed E-state index contributed by atoms with van der Waals surface area (Å²) in [6, 6.07) is 6.19. The maximum Gasteiger partial charge on any atom is 0.237 e. The lowest BCUT2D eigenvalue weighted by atomic mass is 9.95. The number of aromatic nitrogens is 3. The highest BCUT2D eigenvalue weighted by Crippen LogP contribution is 2.38. The maximum absolute atomic E-state index is 13.0. The van der Waals surface area contributed by atoms with Crippen molar-refractivity contribution in [1.82, 2.24) is 19.7 Å². The quantitative estimate of drug-likeness (QED) is 0.452. The van der Waals surface area contributed by atoms with E-state index in [4.69, 9.17) is 9.47 Å². The summed E-state index contributed by atoms with van der Waals surface area (Å²) in [5, 5.41) is 9.93. The molecule has 1 aromatic heterocycles. The molecule has 0 aliphatic heterocycles. The van der Waals surface area contributed by atoms with Crippen LogP contribution in [0, 0.1) is 0 Å². The van der Waals surface area contributed by atoms with E-state index in [1.165, 1.54) is 36.7 Å². The fourth-order valence-corrected chi connectivity index (χ4v) is 5.74. The molecule has 0 spiro atoms. The lowest BCUT2D eigenvalue weighted by Crippen LogP contribution is -2.31. The Balaban J connectivity index is 1.60. The summed E-state index contributed by atoms with van der Waals surface area (Å²) in [4.78, 5) is 15.0. The van der Waals surface area contributed by atoms with Gasteiger partial charge in [-0.2, -0.15) is 0 Å². The summed E-state index contributed by atoms with van der Waals surface area (Å²) in [6.45, 7) is 2.75. The van der Waals surface area contributed by atoms with Gasteiger partial charge in [0.05, 0.1) is 20.0 Å². The van der Waals surface area contributed by atoms with Crippen LogP contribution in [0.15, 0.2) is 35.1 Å². The Kier molecular flexibility index (Phi) is 7.96. The van der Waals surface area contributed by atoms with E-state index < -0.39 is 0 Å². The average molecular weight is 471 g/mol. The first kappa shape index (κ1) is 23.7. The Morgan fingerprint density at radius 2 is 1.91 bits per heavy atom. The number of carbonyl (C=O) groups excluding carboxylic acids is 1. The fraction of sp³-hybridized carbons (Fsp3) is 0.560. The van der Waals surface area contributed by atoms with E-state index in [1.54, 1.807) is 14.2 Å². The third-order valence-electron chi connectivity index (χ3n) is 6.55. The number of hydrogen-bond donors (Lipinski definition) is 0. The molecule has 33 heavy (non-hydrogen) atoms. The van der Waals surface area contributed by atoms with Crippen LogP contribution in [0.1, 0.15) is 64.3 Å². The van der Waals surface area contributed by atoms with E-state index in [-0.39, 0.29) is 5.91 Å². The zero-order valence-corrected chi connectivity index (χ0v) is 20.7. The number of methoxy groups -OCH3 is 2. The van der Waals surface area contributed by atoms with Crippen molar-refractivity contribution in [3.8, 4) is 22.9 Å². The van der Waals surface area contributed by atoms with Crippen LogP contribution in [0.2, 0.25) is 0 Å². The Morgan fingerprint density at radius 3 is 2.58 bits per heavy atom. The number of benzene rings is 1. The van der Waals surface area contributed by atoms with Crippen LogP contribution in [0.25, 0.3) is 11.4 Å². The maximum atomic E-state index is 13.0. The smallest absolute Gasteiger partial charge is 0.237 e. The van der Waals surface area contributed by atoms with Crippen molar-refractivity contribution in [2.75, 3.05) is 26.5 Å². The molecular weight excluding hydrogens is 436 g/mol. The van der Waals surface area contributed by atoms with Gasteiger partial charge < -0.3 is 14.4 Å². The van der Waals surface area contributed by atoms with E-state index in [2.05, 4.69) is 20.8 Å². The SMILES string of the molecule is CCN(C(=O)CSc1nnc(-c2ccc(OC)c(OC)c2)n1C1CCCCC1)C1=CCCC1. The zero-order valence-electron chi connectivity index (χ0n) is 19.9. The second kappa shape index (κ2) is 11.1. The van der Waals surface area contributed by atoms with Gasteiger partial charge in [-0.1, -0.05) is 37.1 Å². The fourth-order valence-electron chi connectivity index (χ4n) is 4.86. The van der Waals surface area contributed by atoms with Gasteiger partial charge in [-0.3, -0.25) is 9.36 Å². The first-order valence-corrected chi connectivity index (χ1v) is 12.9. The van der Waals surface area contributed by atoms with Crippen LogP contribution in [0.5, 0.6) is 11.5 Å². The van der Waals surface area contributed by atoms with Crippen LogP contribution < -0.4 is 9.47 Å². The van der Waals surface area contributed by atoms with Crippen molar-refractivity contribution >= 4 is 17.7 Å². The normalized spacial score (nSPS) is 16.5. The Labute approximate surface area is 200 Å². The molecule has 4 rings (SSSR count). The molecule has 1 fully saturated rings. The highest BCUT2D eigenvalue weighted by atomic mass is 32.2. The van der Waals surface area contributed by atoms with Gasteiger partial charge >= 0.3 is 0 Å². The van der Waals surface area contributed by atoms with Crippen molar-refractivity contribution in [2.45, 2.75) is 69.5 Å². The number of ether oxygens (including phenoxy) is 2. The van der Waals surface area contributed by atoms with Crippen LogP contribution in [0.4, 0.5) is 0 Å². The van der Waals surface area contributed by atoms with E-state index in [0.29, 0.717) is 29.8 Å². The summed E-state index contributed by atoms with van der Waals surface area (Å²) < 4.78 is 13.2. The van der Waals surface area contributed by atoms with Gasteiger partial charge in [-0.25, -0.2) is 0 Å². The second-order valence-corrected chi connectivity index (χ2v) is 9.49. The topological polar surface area (TPSA) is 69.5 Å². The molecule has 0 bridgehead atoms. The van der Waals surface area contributed by atoms with Gasteiger partial charge in [0.25, 0.3) is 0 Å². The van der Waals surface area contributed by atoms with Crippen molar-refractivity contribution in [2.24, 2.45) is 0 Å². The number of rotatable bonds is 9. The van der Waals surface area contributed by atoms with Gasteiger partial charge in [-0.15, -0.1) is 10.2 Å². The predicted molar refractivity (Wildman–Crippen MR) is 131 cm³/mol. The first-order valence-electron chi connectivity index (χ1n) is 12.0. The van der Waals surface area contributed by atoms with E-state index in [9.17, 15) is 4.79 Å². The van der Waals surface area contributed by atoms with Gasteiger partial charge in [0.15, 0.2) is 22.5 Å². The van der Waals surface area contributed by atoms with Crippen LogP contribution >= 0.6 is 11.8 Å². The lowest BCUT2D eigenvalue weighted by molar-refractivity contribution is -0.126. The molecule has 1 aromatic carbocycles. The third-order valence-corrected chi connectivity index (χ3v) is 7.48. The summed E-state index contributed by atoms with van der Waals surface area (Å²) >= 11 is 1.50. The van der Waals surface area contributed by atoms with E-state index in [1.807, 2.05) is 30.0 Å². The Hall–Kier alpha value is -2.48. The van der Waals surface area contributed by atoms with Crippen molar-refractivity contribution in [1.29, 1.82) is 0 Å². The largest absolute Gasteiger partial charge is 0.493 e. The molecule has 1 heterocycles. The molecule has 2 aliphatic carbocycles. The molecule has 178 valence electrons. The van der Waals surface area contributed by atoms with Crippen molar-refractivity contribution in [3.05, 3.63) is 30.0 Å². The van der Waals surface area contributed by atoms with Crippen molar-refractivity contribution in [3.63, 3.8) is 0 Å².